The average Bonchev–Trinajstić information content (AvgIpc) is 2.82. The van der Waals surface area contributed by atoms with E-state index in [1.165, 1.54) is 153 Å². The first-order chi connectivity index (χ1) is 16.2. The molecule has 0 aromatic heterocycles. The van der Waals surface area contributed by atoms with Crippen molar-refractivity contribution in [2.45, 2.75) is 161 Å². The van der Waals surface area contributed by atoms with Crippen LogP contribution in [0.2, 0.25) is 0 Å². The summed E-state index contributed by atoms with van der Waals surface area (Å²) in [7, 11) is 0. The second-order valence-electron chi connectivity index (χ2n) is 10.4. The number of benzene rings is 1. The highest BCUT2D eigenvalue weighted by Crippen LogP contribution is 2.22. The molecule has 0 bridgehead atoms. The number of unbranched alkanes of at least 4 members (excludes halogenated alkanes) is 22. The summed E-state index contributed by atoms with van der Waals surface area (Å²) >= 11 is 0. The Morgan fingerprint density at radius 2 is 0.848 bits per heavy atom. The Bertz CT molecular complexity index is 542. The highest BCUT2D eigenvalue weighted by Gasteiger charge is 2.00. The summed E-state index contributed by atoms with van der Waals surface area (Å²) in [6.45, 7) is 2.30. The van der Waals surface area contributed by atoms with Crippen LogP contribution in [0.1, 0.15) is 160 Å². The molecule has 33 heavy (non-hydrogen) atoms. The van der Waals surface area contributed by atoms with E-state index in [1.54, 1.807) is 6.07 Å². The largest absolute Gasteiger partial charge is 0.506 e. The lowest BCUT2D eigenvalue weighted by molar-refractivity contribution is 0.477. The van der Waals surface area contributed by atoms with Crippen LogP contribution >= 0.6 is 0 Å². The summed E-state index contributed by atoms with van der Waals surface area (Å²) in [6.07, 6.45) is 33.9. The van der Waals surface area contributed by atoms with Crippen molar-refractivity contribution in [2.75, 3.05) is 5.73 Å². The number of aromatic hydroxyl groups is 1. The van der Waals surface area contributed by atoms with Crippen LogP contribution in [0, 0.1) is 0 Å². The van der Waals surface area contributed by atoms with Crippen molar-refractivity contribution in [3.8, 4) is 5.75 Å². The van der Waals surface area contributed by atoms with Crippen molar-refractivity contribution in [1.82, 2.24) is 0 Å². The third-order valence-corrected chi connectivity index (χ3v) is 7.16. The van der Waals surface area contributed by atoms with Gasteiger partial charge in [-0.1, -0.05) is 154 Å². The lowest BCUT2D eigenvalue weighted by atomic mass is 10.0. The van der Waals surface area contributed by atoms with Crippen LogP contribution < -0.4 is 5.73 Å². The maximum absolute atomic E-state index is 9.48. The van der Waals surface area contributed by atoms with Crippen LogP contribution in [-0.4, -0.2) is 5.11 Å². The summed E-state index contributed by atoms with van der Waals surface area (Å²) in [5.74, 6) is 0.197. The van der Waals surface area contributed by atoms with Gasteiger partial charge in [0.05, 0.1) is 5.69 Å². The molecule has 0 aliphatic heterocycles. The quantitative estimate of drug-likeness (QED) is 0.0917. The van der Waals surface area contributed by atoms with E-state index in [9.17, 15) is 5.11 Å². The zero-order valence-electron chi connectivity index (χ0n) is 22.2. The Morgan fingerprint density at radius 3 is 1.18 bits per heavy atom. The number of rotatable bonds is 24. The Labute approximate surface area is 207 Å². The summed E-state index contributed by atoms with van der Waals surface area (Å²) < 4.78 is 0. The molecule has 0 atom stereocenters. The molecule has 0 radical (unpaired) electrons. The first-order valence-electron chi connectivity index (χ1n) is 14.8. The van der Waals surface area contributed by atoms with Gasteiger partial charge in [0.25, 0.3) is 0 Å². The van der Waals surface area contributed by atoms with Gasteiger partial charge in [-0.25, -0.2) is 0 Å². The van der Waals surface area contributed by atoms with Gasteiger partial charge in [0, 0.05) is 0 Å². The van der Waals surface area contributed by atoms with Gasteiger partial charge in [0.1, 0.15) is 5.75 Å². The minimum atomic E-state index is 0.197. The summed E-state index contributed by atoms with van der Waals surface area (Å²) in [5.41, 5.74) is 7.50. The highest BCUT2D eigenvalue weighted by molar-refractivity contribution is 5.53. The number of nitrogen functional groups attached to an aromatic ring is 1. The third kappa shape index (κ3) is 18.9. The summed E-state index contributed by atoms with van der Waals surface area (Å²) in [6, 6.07) is 5.61. The Hall–Kier alpha value is -1.18. The van der Waals surface area contributed by atoms with E-state index in [-0.39, 0.29) is 5.75 Å². The molecule has 1 rings (SSSR count). The number of hydrogen-bond donors (Lipinski definition) is 2. The van der Waals surface area contributed by atoms with Crippen molar-refractivity contribution < 1.29 is 5.11 Å². The zero-order chi connectivity index (χ0) is 23.8. The number of aryl methyl sites for hydroxylation is 1. The second-order valence-corrected chi connectivity index (χ2v) is 10.4. The van der Waals surface area contributed by atoms with Crippen molar-refractivity contribution in [1.29, 1.82) is 0 Å². The monoisotopic (exact) mass is 459 g/mol. The fourth-order valence-electron chi connectivity index (χ4n) is 4.87. The topological polar surface area (TPSA) is 46.2 Å². The van der Waals surface area contributed by atoms with E-state index in [1.807, 2.05) is 12.1 Å². The van der Waals surface area contributed by atoms with Crippen molar-refractivity contribution in [2.24, 2.45) is 0 Å². The van der Waals surface area contributed by atoms with E-state index < -0.39 is 0 Å². The number of phenols is 1. The molecular weight excluding hydrogens is 402 g/mol. The Morgan fingerprint density at radius 1 is 0.515 bits per heavy atom. The van der Waals surface area contributed by atoms with Gasteiger partial charge in [-0.05, 0) is 30.5 Å². The number of anilines is 1. The standard InChI is InChI=1S/C31H57NO/c1-2-3-4-5-6-7-8-9-10-11-12-13-14-15-16-17-18-19-20-21-22-23-24-25-29-26-27-31(33)30(32)28-29/h26-28,33H,2-25,32H2,1H3. The van der Waals surface area contributed by atoms with Gasteiger partial charge in [-0.15, -0.1) is 0 Å². The molecule has 2 nitrogen and oxygen atoms in total. The van der Waals surface area contributed by atoms with E-state index >= 15 is 0 Å². The smallest absolute Gasteiger partial charge is 0.138 e. The molecule has 0 fully saturated rings. The molecule has 0 saturated heterocycles. The minimum Gasteiger partial charge on any atom is -0.506 e. The zero-order valence-corrected chi connectivity index (χ0v) is 22.2. The first kappa shape index (κ1) is 29.9. The van der Waals surface area contributed by atoms with Crippen LogP contribution in [-0.2, 0) is 6.42 Å². The molecule has 0 heterocycles. The van der Waals surface area contributed by atoms with Gasteiger partial charge in [-0.2, -0.15) is 0 Å². The fourth-order valence-corrected chi connectivity index (χ4v) is 4.87. The normalized spacial score (nSPS) is 11.3. The molecular formula is C31H57NO. The maximum Gasteiger partial charge on any atom is 0.138 e. The van der Waals surface area contributed by atoms with Crippen LogP contribution in [0.4, 0.5) is 5.69 Å². The molecule has 0 amide bonds. The molecule has 0 aliphatic rings. The fraction of sp³-hybridized carbons (Fsp3) is 0.806. The van der Waals surface area contributed by atoms with Gasteiger partial charge in [0.15, 0.2) is 0 Å². The van der Waals surface area contributed by atoms with E-state index in [2.05, 4.69) is 6.92 Å². The number of nitrogens with two attached hydrogens (primary N) is 1. The molecule has 192 valence electrons. The second kappa shape index (κ2) is 22.6. The molecule has 0 spiro atoms. The van der Waals surface area contributed by atoms with E-state index in [0.717, 1.165) is 6.42 Å². The highest BCUT2D eigenvalue weighted by atomic mass is 16.3. The van der Waals surface area contributed by atoms with Crippen molar-refractivity contribution in [3.63, 3.8) is 0 Å². The molecule has 1 aromatic rings. The van der Waals surface area contributed by atoms with Gasteiger partial charge < -0.3 is 10.8 Å². The molecule has 0 unspecified atom stereocenters. The van der Waals surface area contributed by atoms with Crippen LogP contribution in [0.15, 0.2) is 18.2 Å². The summed E-state index contributed by atoms with van der Waals surface area (Å²) in [5, 5.41) is 9.48. The molecule has 0 aliphatic carbocycles. The van der Waals surface area contributed by atoms with Crippen LogP contribution in [0.25, 0.3) is 0 Å². The minimum absolute atomic E-state index is 0.197. The predicted octanol–water partition coefficient (Wildman–Crippen LogP) is 10.5. The first-order valence-corrected chi connectivity index (χ1v) is 14.8. The van der Waals surface area contributed by atoms with Gasteiger partial charge in [-0.3, -0.25) is 0 Å². The maximum atomic E-state index is 9.48. The van der Waals surface area contributed by atoms with Gasteiger partial charge in [0.2, 0.25) is 0 Å². The van der Waals surface area contributed by atoms with Crippen LogP contribution in [0.3, 0.4) is 0 Å². The van der Waals surface area contributed by atoms with Crippen molar-refractivity contribution >= 4 is 5.69 Å². The van der Waals surface area contributed by atoms with Crippen LogP contribution in [0.5, 0.6) is 5.75 Å². The molecule has 1 aromatic carbocycles. The predicted molar refractivity (Wildman–Crippen MR) is 148 cm³/mol. The number of hydrogen-bond acceptors (Lipinski definition) is 2. The van der Waals surface area contributed by atoms with E-state index in [0.29, 0.717) is 5.69 Å². The lowest BCUT2D eigenvalue weighted by Crippen LogP contribution is -1.91. The molecule has 2 heteroatoms. The summed E-state index contributed by atoms with van der Waals surface area (Å²) in [4.78, 5) is 0. The average molecular weight is 460 g/mol. The Kier molecular flexibility index (Phi) is 20.4. The molecule has 0 saturated carbocycles. The number of phenolic OH excluding ortho intramolecular Hbond substituents is 1. The lowest BCUT2D eigenvalue weighted by Gasteiger charge is -2.05. The van der Waals surface area contributed by atoms with Gasteiger partial charge >= 0.3 is 0 Å². The Balaban J connectivity index is 1.70. The third-order valence-electron chi connectivity index (χ3n) is 7.16. The van der Waals surface area contributed by atoms with E-state index in [4.69, 9.17) is 5.73 Å². The molecule has 3 N–H and O–H groups in total. The van der Waals surface area contributed by atoms with Crippen molar-refractivity contribution in [3.05, 3.63) is 23.8 Å². The SMILES string of the molecule is CCCCCCCCCCCCCCCCCCCCCCCCCc1ccc(O)c(N)c1.